The van der Waals surface area contributed by atoms with Gasteiger partial charge >= 0.3 is 6.18 Å². The predicted octanol–water partition coefficient (Wildman–Crippen LogP) is 2.39. The van der Waals surface area contributed by atoms with Crippen molar-refractivity contribution in [1.82, 2.24) is 5.43 Å². The van der Waals surface area contributed by atoms with Gasteiger partial charge in [0.25, 0.3) is 0 Å². The second-order valence-corrected chi connectivity index (χ2v) is 4.29. The van der Waals surface area contributed by atoms with Gasteiger partial charge in [-0.2, -0.15) is 13.2 Å². The average molecular weight is 313 g/mol. The normalized spacial score (nSPS) is 13.5. The van der Waals surface area contributed by atoms with E-state index < -0.39 is 12.2 Å². The molecule has 0 bridgehead atoms. The minimum absolute atomic E-state index is 0.234. The molecule has 3 nitrogen and oxygen atoms in total. The molecule has 0 radical (unpaired) electrons. The Morgan fingerprint density at radius 1 is 1.47 bits per heavy atom. The average Bonchev–Trinajstić information content (AvgIpc) is 2.24. The highest BCUT2D eigenvalue weighted by Crippen LogP contribution is 2.28. The van der Waals surface area contributed by atoms with Crippen LogP contribution in [0.4, 0.5) is 13.2 Å². The smallest absolute Gasteiger partial charge is 0.405 e. The van der Waals surface area contributed by atoms with Gasteiger partial charge in [0.15, 0.2) is 0 Å². The summed E-state index contributed by atoms with van der Waals surface area (Å²) in [5.41, 5.74) is 2.28. The number of methoxy groups -OCH3 is 1. The lowest BCUT2D eigenvalue weighted by Gasteiger charge is -2.19. The van der Waals surface area contributed by atoms with Crippen LogP contribution in [0.2, 0.25) is 0 Å². The molecule has 1 aromatic carbocycles. The van der Waals surface area contributed by atoms with Crippen molar-refractivity contribution in [1.29, 1.82) is 0 Å². The fraction of sp³-hybridized carbons (Fsp3) is 0.400. The second-order valence-electron chi connectivity index (χ2n) is 3.43. The molecule has 17 heavy (non-hydrogen) atoms. The molecule has 0 aliphatic rings. The maximum atomic E-state index is 12.5. The van der Waals surface area contributed by atoms with Crippen LogP contribution < -0.4 is 16.0 Å². The maximum Gasteiger partial charge on any atom is 0.405 e. The lowest BCUT2D eigenvalue weighted by molar-refractivity contribution is -0.155. The number of hydrazine groups is 1. The highest BCUT2D eigenvalue weighted by molar-refractivity contribution is 9.10. The van der Waals surface area contributed by atoms with E-state index in [1.165, 1.54) is 7.11 Å². The molecule has 0 saturated heterocycles. The summed E-state index contributed by atoms with van der Waals surface area (Å²) in [6.45, 7) is 0. The summed E-state index contributed by atoms with van der Waals surface area (Å²) in [7, 11) is 1.49. The first-order valence-corrected chi connectivity index (χ1v) is 5.53. The Hall–Kier alpha value is -0.790. The number of alkyl halides is 3. The predicted molar refractivity (Wildman–Crippen MR) is 61.6 cm³/mol. The molecule has 7 heteroatoms. The molecule has 3 N–H and O–H groups in total. The van der Waals surface area contributed by atoms with Crippen LogP contribution in [0.15, 0.2) is 22.7 Å². The third-order valence-electron chi connectivity index (χ3n) is 2.25. The number of benzene rings is 1. The summed E-state index contributed by atoms with van der Waals surface area (Å²) < 4.78 is 43.0. The zero-order chi connectivity index (χ0) is 13.1. The molecular weight excluding hydrogens is 301 g/mol. The summed E-state index contributed by atoms with van der Waals surface area (Å²) in [6, 6.07) is 2.99. The van der Waals surface area contributed by atoms with Gasteiger partial charge in [-0.15, -0.1) is 0 Å². The Labute approximate surface area is 105 Å². The third kappa shape index (κ3) is 3.86. The molecule has 96 valence electrons. The number of halogens is 4. The summed E-state index contributed by atoms with van der Waals surface area (Å²) in [5, 5.41) is 0. The van der Waals surface area contributed by atoms with Crippen LogP contribution in [0.3, 0.4) is 0 Å². The number of nitrogens with two attached hydrogens (primary N) is 1. The molecular formula is C10H12BrF3N2O. The van der Waals surface area contributed by atoms with E-state index in [-0.39, 0.29) is 6.42 Å². The molecule has 0 amide bonds. The van der Waals surface area contributed by atoms with Gasteiger partial charge < -0.3 is 4.74 Å². The molecule has 1 atom stereocenters. The van der Waals surface area contributed by atoms with Gasteiger partial charge in [-0.05, 0) is 40.0 Å². The molecule has 0 aliphatic carbocycles. The lowest BCUT2D eigenvalue weighted by atomic mass is 10.1. The summed E-state index contributed by atoms with van der Waals surface area (Å²) in [5.74, 6) is 5.46. The van der Waals surface area contributed by atoms with Crippen molar-refractivity contribution < 1.29 is 17.9 Å². The minimum Gasteiger partial charge on any atom is -0.496 e. The molecule has 0 fully saturated rings. The molecule has 0 heterocycles. The van der Waals surface area contributed by atoms with Crippen molar-refractivity contribution in [2.75, 3.05) is 7.11 Å². The number of hydrogen-bond donors (Lipinski definition) is 2. The van der Waals surface area contributed by atoms with Crippen LogP contribution >= 0.6 is 15.9 Å². The van der Waals surface area contributed by atoms with Crippen molar-refractivity contribution >= 4 is 15.9 Å². The monoisotopic (exact) mass is 312 g/mol. The first-order valence-electron chi connectivity index (χ1n) is 4.73. The van der Waals surface area contributed by atoms with Crippen LogP contribution in [0.25, 0.3) is 0 Å². The van der Waals surface area contributed by atoms with E-state index in [1.807, 2.05) is 0 Å². The highest BCUT2D eigenvalue weighted by Gasteiger charge is 2.38. The largest absolute Gasteiger partial charge is 0.496 e. The summed E-state index contributed by atoms with van der Waals surface area (Å²) in [4.78, 5) is 0. The van der Waals surface area contributed by atoms with Gasteiger partial charge in [0.1, 0.15) is 11.8 Å². The van der Waals surface area contributed by atoms with Gasteiger partial charge in [0.05, 0.1) is 11.6 Å². The first-order chi connectivity index (χ1) is 7.88. The zero-order valence-electron chi connectivity index (χ0n) is 9.01. The van der Waals surface area contributed by atoms with E-state index in [0.29, 0.717) is 15.8 Å². The molecule has 0 spiro atoms. The van der Waals surface area contributed by atoms with Crippen LogP contribution in [-0.2, 0) is 6.42 Å². The number of rotatable bonds is 4. The molecule has 1 unspecified atom stereocenters. The van der Waals surface area contributed by atoms with Crippen LogP contribution in [-0.4, -0.2) is 19.3 Å². The van der Waals surface area contributed by atoms with Gasteiger partial charge in [-0.25, -0.2) is 5.43 Å². The van der Waals surface area contributed by atoms with E-state index in [0.717, 1.165) is 0 Å². The number of ether oxygens (including phenoxy) is 1. The quantitative estimate of drug-likeness (QED) is 0.663. The van der Waals surface area contributed by atoms with Crippen molar-refractivity contribution in [3.8, 4) is 5.75 Å². The highest BCUT2D eigenvalue weighted by atomic mass is 79.9. The van der Waals surface area contributed by atoms with Gasteiger partial charge in [0.2, 0.25) is 0 Å². The first kappa shape index (κ1) is 14.3. The van der Waals surface area contributed by atoms with Crippen LogP contribution in [0.5, 0.6) is 5.75 Å². The minimum atomic E-state index is -4.37. The molecule has 0 saturated carbocycles. The fourth-order valence-corrected chi connectivity index (χ4v) is 1.93. The second kappa shape index (κ2) is 5.70. The van der Waals surface area contributed by atoms with E-state index >= 15 is 0 Å². The summed E-state index contributed by atoms with van der Waals surface area (Å²) >= 11 is 3.21. The van der Waals surface area contributed by atoms with E-state index in [1.54, 1.807) is 23.6 Å². The standard InChI is InChI=1S/C10H12BrF3N2O/c1-17-8-3-2-6(4-7(8)11)5-9(16-15)10(12,13)14/h2-4,9,16H,5,15H2,1H3. The van der Waals surface area contributed by atoms with Crippen molar-refractivity contribution in [3.05, 3.63) is 28.2 Å². The van der Waals surface area contributed by atoms with Crippen LogP contribution in [0.1, 0.15) is 5.56 Å². The number of nitrogens with one attached hydrogen (secondary N) is 1. The van der Waals surface area contributed by atoms with Crippen LogP contribution in [0, 0.1) is 0 Å². The lowest BCUT2D eigenvalue weighted by Crippen LogP contribution is -2.47. The Morgan fingerprint density at radius 3 is 2.53 bits per heavy atom. The van der Waals surface area contributed by atoms with E-state index in [2.05, 4.69) is 15.9 Å². The SMILES string of the molecule is COc1ccc(CC(NN)C(F)(F)F)cc1Br. The van der Waals surface area contributed by atoms with E-state index in [9.17, 15) is 13.2 Å². The Bertz CT molecular complexity index is 384. The maximum absolute atomic E-state index is 12.5. The third-order valence-corrected chi connectivity index (χ3v) is 2.87. The Morgan fingerprint density at radius 2 is 2.12 bits per heavy atom. The zero-order valence-corrected chi connectivity index (χ0v) is 10.6. The fourth-order valence-electron chi connectivity index (χ4n) is 1.34. The summed E-state index contributed by atoms with van der Waals surface area (Å²) in [6.07, 6.45) is -4.61. The van der Waals surface area contributed by atoms with Crippen molar-refractivity contribution in [2.24, 2.45) is 5.84 Å². The topological polar surface area (TPSA) is 47.3 Å². The Kier molecular flexibility index (Phi) is 4.79. The molecule has 0 aliphatic heterocycles. The molecule has 1 aromatic rings. The molecule has 1 rings (SSSR count). The van der Waals surface area contributed by atoms with Crippen molar-refractivity contribution in [3.63, 3.8) is 0 Å². The number of hydrogen-bond acceptors (Lipinski definition) is 3. The van der Waals surface area contributed by atoms with Crippen molar-refractivity contribution in [2.45, 2.75) is 18.6 Å². The van der Waals surface area contributed by atoms with Gasteiger partial charge in [0, 0.05) is 0 Å². The molecule has 0 aromatic heterocycles. The van der Waals surface area contributed by atoms with Gasteiger partial charge in [-0.1, -0.05) is 6.07 Å². The van der Waals surface area contributed by atoms with E-state index in [4.69, 9.17) is 10.6 Å². The van der Waals surface area contributed by atoms with Gasteiger partial charge in [-0.3, -0.25) is 5.84 Å². The Balaban J connectivity index is 2.84.